The molecule has 0 aliphatic heterocycles. The quantitative estimate of drug-likeness (QED) is 0.840. The van der Waals surface area contributed by atoms with Gasteiger partial charge in [-0.15, -0.1) is 0 Å². The van der Waals surface area contributed by atoms with Crippen LogP contribution in [0.25, 0.3) is 11.3 Å². The van der Waals surface area contributed by atoms with E-state index in [0.29, 0.717) is 10.7 Å². The molecule has 16 heavy (non-hydrogen) atoms. The number of hydrogen-bond donors (Lipinski definition) is 1. The van der Waals surface area contributed by atoms with Crippen LogP contribution in [0.3, 0.4) is 0 Å². The SMILES string of the molecule is CP(=O)(O)c1cc(-c2ccc(Cl)cc2)no1. The molecule has 0 spiro atoms. The molecular formula is C10H9ClNO3P. The molecule has 0 bridgehead atoms. The van der Waals surface area contributed by atoms with Crippen LogP contribution in [0.4, 0.5) is 0 Å². The summed E-state index contributed by atoms with van der Waals surface area (Å²) in [5.74, 6) is 0. The van der Waals surface area contributed by atoms with Crippen LogP contribution in [-0.4, -0.2) is 16.7 Å². The van der Waals surface area contributed by atoms with Crippen molar-refractivity contribution >= 4 is 24.5 Å². The van der Waals surface area contributed by atoms with Gasteiger partial charge in [0.1, 0.15) is 5.69 Å². The van der Waals surface area contributed by atoms with Crippen molar-refractivity contribution in [3.05, 3.63) is 35.4 Å². The first-order valence-corrected chi connectivity index (χ1v) is 6.99. The van der Waals surface area contributed by atoms with Gasteiger partial charge in [0.15, 0.2) is 0 Å². The van der Waals surface area contributed by atoms with Gasteiger partial charge in [-0.2, -0.15) is 0 Å². The molecule has 6 heteroatoms. The molecule has 0 fully saturated rings. The van der Waals surface area contributed by atoms with Gasteiger partial charge in [0, 0.05) is 23.3 Å². The lowest BCUT2D eigenvalue weighted by Crippen LogP contribution is -1.97. The molecule has 1 unspecified atom stereocenters. The van der Waals surface area contributed by atoms with Gasteiger partial charge in [-0.05, 0) is 12.1 Å². The van der Waals surface area contributed by atoms with Gasteiger partial charge >= 0.3 is 0 Å². The Morgan fingerprint density at radius 3 is 2.50 bits per heavy atom. The van der Waals surface area contributed by atoms with E-state index in [-0.39, 0.29) is 5.50 Å². The topological polar surface area (TPSA) is 63.3 Å². The van der Waals surface area contributed by atoms with Crippen molar-refractivity contribution in [1.29, 1.82) is 0 Å². The van der Waals surface area contributed by atoms with E-state index in [1.54, 1.807) is 24.3 Å². The summed E-state index contributed by atoms with van der Waals surface area (Å²) in [4.78, 5) is 9.29. The van der Waals surface area contributed by atoms with Crippen molar-refractivity contribution in [3.8, 4) is 11.3 Å². The zero-order valence-corrected chi connectivity index (χ0v) is 10.1. The maximum atomic E-state index is 11.3. The van der Waals surface area contributed by atoms with Crippen LogP contribution in [0.5, 0.6) is 0 Å². The molecule has 2 rings (SSSR count). The van der Waals surface area contributed by atoms with Gasteiger partial charge in [0.05, 0.1) is 0 Å². The van der Waals surface area contributed by atoms with Crippen LogP contribution < -0.4 is 5.50 Å². The van der Waals surface area contributed by atoms with E-state index in [0.717, 1.165) is 5.56 Å². The predicted molar refractivity (Wildman–Crippen MR) is 62.3 cm³/mol. The Morgan fingerprint density at radius 2 is 2.00 bits per heavy atom. The maximum absolute atomic E-state index is 11.3. The molecule has 1 atom stereocenters. The maximum Gasteiger partial charge on any atom is 0.263 e. The van der Waals surface area contributed by atoms with Gasteiger partial charge in [0.2, 0.25) is 5.50 Å². The third kappa shape index (κ3) is 2.35. The Balaban J connectivity index is 2.39. The molecule has 1 aromatic carbocycles. The fourth-order valence-corrected chi connectivity index (χ4v) is 1.90. The first-order chi connectivity index (χ1) is 7.47. The van der Waals surface area contributed by atoms with Gasteiger partial charge < -0.3 is 9.42 Å². The molecule has 0 aliphatic rings. The third-order valence-corrected chi connectivity index (χ3v) is 3.33. The van der Waals surface area contributed by atoms with Gasteiger partial charge in [-0.1, -0.05) is 28.9 Å². The predicted octanol–water partition coefficient (Wildman–Crippen LogP) is 2.52. The average molecular weight is 258 g/mol. The highest BCUT2D eigenvalue weighted by Crippen LogP contribution is 2.35. The lowest BCUT2D eigenvalue weighted by atomic mass is 10.2. The van der Waals surface area contributed by atoms with Crippen molar-refractivity contribution in [2.24, 2.45) is 0 Å². The molecule has 2 aromatic rings. The molecule has 0 aliphatic carbocycles. The smallest absolute Gasteiger partial charge is 0.263 e. The summed E-state index contributed by atoms with van der Waals surface area (Å²) in [5.41, 5.74) is 1.30. The van der Waals surface area contributed by atoms with Gasteiger partial charge in [-0.3, -0.25) is 4.57 Å². The van der Waals surface area contributed by atoms with Crippen molar-refractivity contribution in [2.45, 2.75) is 0 Å². The Morgan fingerprint density at radius 1 is 1.38 bits per heavy atom. The highest BCUT2D eigenvalue weighted by atomic mass is 35.5. The van der Waals surface area contributed by atoms with Crippen molar-refractivity contribution in [2.75, 3.05) is 6.66 Å². The first kappa shape index (κ1) is 11.4. The number of hydrogen-bond acceptors (Lipinski definition) is 3. The number of rotatable bonds is 2. The van der Waals surface area contributed by atoms with Gasteiger partial charge in [-0.25, -0.2) is 0 Å². The van der Waals surface area contributed by atoms with Crippen LogP contribution >= 0.6 is 19.0 Å². The highest BCUT2D eigenvalue weighted by molar-refractivity contribution is 7.64. The normalized spacial score (nSPS) is 14.7. The third-order valence-electron chi connectivity index (χ3n) is 2.05. The van der Waals surface area contributed by atoms with E-state index < -0.39 is 7.37 Å². The number of aromatic nitrogens is 1. The van der Waals surface area contributed by atoms with Crippen LogP contribution in [-0.2, 0) is 4.57 Å². The van der Waals surface area contributed by atoms with E-state index in [4.69, 9.17) is 16.1 Å². The van der Waals surface area contributed by atoms with E-state index in [1.807, 2.05) is 0 Å². The highest BCUT2D eigenvalue weighted by Gasteiger charge is 2.20. The van der Waals surface area contributed by atoms with E-state index >= 15 is 0 Å². The number of benzene rings is 1. The molecule has 84 valence electrons. The van der Waals surface area contributed by atoms with E-state index in [1.165, 1.54) is 12.7 Å². The molecule has 1 heterocycles. The van der Waals surface area contributed by atoms with Crippen LogP contribution in [0.15, 0.2) is 34.9 Å². The van der Waals surface area contributed by atoms with Gasteiger partial charge in [0.25, 0.3) is 7.37 Å². The van der Waals surface area contributed by atoms with Crippen molar-refractivity contribution < 1.29 is 14.0 Å². The van der Waals surface area contributed by atoms with Crippen molar-refractivity contribution in [1.82, 2.24) is 5.16 Å². The zero-order valence-electron chi connectivity index (χ0n) is 8.42. The summed E-state index contributed by atoms with van der Waals surface area (Å²) in [6.07, 6.45) is 0. The summed E-state index contributed by atoms with van der Waals surface area (Å²) in [6, 6.07) is 8.43. The Kier molecular flexibility index (Phi) is 2.89. The summed E-state index contributed by atoms with van der Waals surface area (Å²) < 4.78 is 16.1. The van der Waals surface area contributed by atoms with Crippen LogP contribution in [0.2, 0.25) is 5.02 Å². The second-order valence-electron chi connectivity index (χ2n) is 3.44. The second kappa shape index (κ2) is 4.06. The lowest BCUT2D eigenvalue weighted by molar-refractivity contribution is 0.427. The molecule has 0 amide bonds. The fourth-order valence-electron chi connectivity index (χ4n) is 1.22. The zero-order chi connectivity index (χ0) is 11.8. The summed E-state index contributed by atoms with van der Waals surface area (Å²) in [5, 5.41) is 4.35. The molecular weight excluding hydrogens is 249 g/mol. The standard InChI is InChI=1S/C10H9ClNO3P/c1-16(13,14)10-6-9(12-15-10)7-2-4-8(11)5-3-7/h2-6H,1H3,(H,13,14). The monoisotopic (exact) mass is 257 g/mol. The van der Waals surface area contributed by atoms with Crippen LogP contribution in [0.1, 0.15) is 0 Å². The average Bonchev–Trinajstić information content (AvgIpc) is 2.67. The Hall–Kier alpha value is -1.09. The molecule has 1 N–H and O–H groups in total. The summed E-state index contributed by atoms with van der Waals surface area (Å²) in [7, 11) is -3.38. The minimum absolute atomic E-state index is 0.00236. The molecule has 0 radical (unpaired) electrons. The van der Waals surface area contributed by atoms with Crippen molar-refractivity contribution in [3.63, 3.8) is 0 Å². The lowest BCUT2D eigenvalue weighted by Gasteiger charge is -1.96. The number of halogens is 1. The minimum Gasteiger partial charge on any atom is -0.350 e. The minimum atomic E-state index is -3.38. The Bertz CT molecular complexity index is 543. The molecule has 0 saturated carbocycles. The summed E-state index contributed by atoms with van der Waals surface area (Å²) >= 11 is 5.75. The van der Waals surface area contributed by atoms with Crippen LogP contribution in [0, 0.1) is 0 Å². The largest absolute Gasteiger partial charge is 0.350 e. The fraction of sp³-hybridized carbons (Fsp3) is 0.100. The van der Waals surface area contributed by atoms with E-state index in [9.17, 15) is 9.46 Å². The Labute approximate surface area is 97.3 Å². The number of nitrogens with zero attached hydrogens (tertiary/aromatic N) is 1. The second-order valence-corrected chi connectivity index (χ2v) is 6.07. The first-order valence-electron chi connectivity index (χ1n) is 4.50. The summed E-state index contributed by atoms with van der Waals surface area (Å²) in [6.45, 7) is 1.21. The molecule has 0 saturated heterocycles. The molecule has 4 nitrogen and oxygen atoms in total. The van der Waals surface area contributed by atoms with E-state index in [2.05, 4.69) is 5.16 Å². The molecule has 1 aromatic heterocycles.